The highest BCUT2D eigenvalue weighted by molar-refractivity contribution is 5.84. The third-order valence-corrected chi connectivity index (χ3v) is 7.45. The number of carboxylic acid groups (broad SMARTS) is 1. The minimum Gasteiger partial charge on any atom is -0.497 e. The minimum atomic E-state index is -1.29. The molecule has 3 aromatic rings. The summed E-state index contributed by atoms with van der Waals surface area (Å²) in [5, 5.41) is 11.0. The summed E-state index contributed by atoms with van der Waals surface area (Å²) in [4.78, 5) is 20.7. The molecular weight excluding hydrogens is 507 g/mol. The van der Waals surface area contributed by atoms with E-state index in [1.54, 1.807) is 13.3 Å². The first-order valence-electron chi connectivity index (χ1n) is 12.9. The quantitative estimate of drug-likeness (QED) is 0.317. The van der Waals surface area contributed by atoms with Gasteiger partial charge in [0.1, 0.15) is 11.6 Å². The SMILES string of the molecule is COc1ccc2nccc([C@@H](CC[C@@H]3CCN(CC#Cc4cc(F)cc(F)c4F)C[C@@H]3C(=O)O)N(C)C)c2c1. The molecule has 0 unspecified atom stereocenters. The zero-order valence-electron chi connectivity index (χ0n) is 22.3. The molecule has 1 N–H and O–H groups in total. The van der Waals surface area contributed by atoms with Crippen molar-refractivity contribution in [3.63, 3.8) is 0 Å². The Kier molecular flexibility index (Phi) is 9.10. The number of aliphatic carboxylic acids is 1. The van der Waals surface area contributed by atoms with Gasteiger partial charge in [0.25, 0.3) is 0 Å². The Morgan fingerprint density at radius 3 is 2.74 bits per heavy atom. The maximum absolute atomic E-state index is 13.9. The fourth-order valence-corrected chi connectivity index (χ4v) is 5.36. The number of halogens is 3. The summed E-state index contributed by atoms with van der Waals surface area (Å²) in [7, 11) is 5.66. The Bertz CT molecular complexity index is 1400. The molecule has 0 saturated carbocycles. The van der Waals surface area contributed by atoms with Gasteiger partial charge in [0.2, 0.25) is 0 Å². The van der Waals surface area contributed by atoms with Crippen molar-refractivity contribution in [1.82, 2.24) is 14.8 Å². The van der Waals surface area contributed by atoms with Crippen LogP contribution in [0.4, 0.5) is 13.2 Å². The van der Waals surface area contributed by atoms with Crippen molar-refractivity contribution in [3.05, 3.63) is 71.2 Å². The van der Waals surface area contributed by atoms with Gasteiger partial charge in [-0.15, -0.1) is 0 Å². The van der Waals surface area contributed by atoms with E-state index in [1.807, 2.05) is 43.3 Å². The molecule has 1 aromatic heterocycles. The second-order valence-corrected chi connectivity index (χ2v) is 10.1. The number of rotatable bonds is 8. The summed E-state index contributed by atoms with van der Waals surface area (Å²) in [6.45, 7) is 1.11. The van der Waals surface area contributed by atoms with Crippen molar-refractivity contribution in [1.29, 1.82) is 0 Å². The summed E-state index contributed by atoms with van der Waals surface area (Å²) >= 11 is 0. The lowest BCUT2D eigenvalue weighted by atomic mass is 9.80. The predicted octanol–water partition coefficient (Wildman–Crippen LogP) is 5.12. The summed E-state index contributed by atoms with van der Waals surface area (Å²) < 4.78 is 46.1. The molecule has 3 atom stereocenters. The predicted molar refractivity (Wildman–Crippen MR) is 143 cm³/mol. The van der Waals surface area contributed by atoms with Crippen LogP contribution in [0.1, 0.15) is 36.4 Å². The van der Waals surface area contributed by atoms with Gasteiger partial charge in [0.15, 0.2) is 11.6 Å². The average molecular weight is 540 g/mol. The summed E-state index contributed by atoms with van der Waals surface area (Å²) in [6.07, 6.45) is 3.96. The second-order valence-electron chi connectivity index (χ2n) is 10.1. The molecule has 9 heteroatoms. The second kappa shape index (κ2) is 12.5. The number of carboxylic acids is 1. The van der Waals surface area contributed by atoms with E-state index in [0.29, 0.717) is 25.6 Å². The molecule has 2 heterocycles. The number of fused-ring (bicyclic) bond motifs is 1. The Hall–Kier alpha value is -3.61. The number of likely N-dealkylation sites (tertiary alicyclic amines) is 1. The number of hydrogen-bond donors (Lipinski definition) is 1. The monoisotopic (exact) mass is 539 g/mol. The third-order valence-electron chi connectivity index (χ3n) is 7.45. The van der Waals surface area contributed by atoms with E-state index >= 15 is 0 Å². The number of benzene rings is 2. The number of aromatic nitrogens is 1. The fourth-order valence-electron chi connectivity index (χ4n) is 5.36. The summed E-state index contributed by atoms with van der Waals surface area (Å²) in [5.74, 6) is 1.11. The van der Waals surface area contributed by atoms with Gasteiger partial charge in [-0.2, -0.15) is 0 Å². The van der Waals surface area contributed by atoms with Crippen molar-refractivity contribution in [3.8, 4) is 17.6 Å². The van der Waals surface area contributed by atoms with Gasteiger partial charge in [-0.1, -0.05) is 11.8 Å². The van der Waals surface area contributed by atoms with Crippen molar-refractivity contribution in [2.24, 2.45) is 11.8 Å². The van der Waals surface area contributed by atoms with Crippen molar-refractivity contribution in [2.75, 3.05) is 40.8 Å². The molecule has 1 saturated heterocycles. The molecule has 39 heavy (non-hydrogen) atoms. The summed E-state index contributed by atoms with van der Waals surface area (Å²) in [6, 6.07) is 9.18. The van der Waals surface area contributed by atoms with Gasteiger partial charge in [0.05, 0.1) is 30.7 Å². The molecule has 0 amide bonds. The van der Waals surface area contributed by atoms with Crippen LogP contribution >= 0.6 is 0 Å². The largest absolute Gasteiger partial charge is 0.497 e. The minimum absolute atomic E-state index is 0.0217. The van der Waals surface area contributed by atoms with Crippen LogP contribution in [0.3, 0.4) is 0 Å². The van der Waals surface area contributed by atoms with Crippen molar-refractivity contribution >= 4 is 16.9 Å². The first kappa shape index (κ1) is 28.4. The maximum atomic E-state index is 13.9. The Morgan fingerprint density at radius 1 is 1.23 bits per heavy atom. The van der Waals surface area contributed by atoms with Gasteiger partial charge in [-0.05, 0) is 81.7 Å². The zero-order chi connectivity index (χ0) is 28.1. The average Bonchev–Trinajstić information content (AvgIpc) is 2.91. The van der Waals surface area contributed by atoms with E-state index in [2.05, 4.69) is 21.7 Å². The topological polar surface area (TPSA) is 65.9 Å². The molecule has 0 aliphatic carbocycles. The zero-order valence-corrected chi connectivity index (χ0v) is 22.3. The smallest absolute Gasteiger partial charge is 0.308 e. The number of methoxy groups -OCH3 is 1. The number of piperidine rings is 1. The molecule has 0 bridgehead atoms. The highest BCUT2D eigenvalue weighted by Gasteiger charge is 2.34. The van der Waals surface area contributed by atoms with E-state index in [1.165, 1.54) is 0 Å². The molecule has 0 spiro atoms. The highest BCUT2D eigenvalue weighted by Crippen LogP contribution is 2.35. The lowest BCUT2D eigenvalue weighted by Crippen LogP contribution is -2.44. The van der Waals surface area contributed by atoms with Crippen molar-refractivity contribution in [2.45, 2.75) is 25.3 Å². The Balaban J connectivity index is 1.44. The van der Waals surface area contributed by atoms with Crippen LogP contribution in [-0.4, -0.2) is 66.7 Å². The van der Waals surface area contributed by atoms with Gasteiger partial charge in [-0.3, -0.25) is 14.7 Å². The molecule has 4 rings (SSSR count). The number of hydrogen-bond acceptors (Lipinski definition) is 5. The molecule has 1 aliphatic heterocycles. The number of ether oxygens (including phenoxy) is 1. The van der Waals surface area contributed by atoms with Crippen LogP contribution in [-0.2, 0) is 4.79 Å². The van der Waals surface area contributed by atoms with Crippen molar-refractivity contribution < 1.29 is 27.8 Å². The van der Waals surface area contributed by atoms with Gasteiger partial charge < -0.3 is 14.7 Å². The lowest BCUT2D eigenvalue weighted by molar-refractivity contribution is -0.146. The van der Waals surface area contributed by atoms with Crippen LogP contribution in [0.15, 0.2) is 42.6 Å². The standard InChI is InChI=1S/C30H32F3N3O3/c1-35(2)28(23-10-12-34-27-8-7-22(39-3)17-24(23)27)9-6-19-11-14-36(18-25(19)30(37)38)13-4-5-20-15-21(31)16-26(32)29(20)33/h7-8,10,12,15-17,19,25,28H,6,9,11,13-14,18H2,1-3H3,(H,37,38)/t19-,25+,28-/m1/s1. The van der Waals surface area contributed by atoms with Gasteiger partial charge in [-0.25, -0.2) is 13.2 Å². The van der Waals surface area contributed by atoms with E-state index in [0.717, 1.165) is 41.1 Å². The first-order valence-corrected chi connectivity index (χ1v) is 12.9. The van der Waals surface area contributed by atoms with Crippen LogP contribution < -0.4 is 4.74 Å². The molecule has 1 fully saturated rings. The van der Waals surface area contributed by atoms with Gasteiger partial charge in [0, 0.05) is 30.2 Å². The number of pyridine rings is 1. The number of nitrogens with zero attached hydrogens (tertiary/aromatic N) is 3. The van der Waals surface area contributed by atoms with Gasteiger partial charge >= 0.3 is 5.97 Å². The van der Waals surface area contributed by atoms with E-state index < -0.39 is 29.3 Å². The molecule has 1 aliphatic rings. The highest BCUT2D eigenvalue weighted by atomic mass is 19.2. The van der Waals surface area contributed by atoms with Crippen LogP contribution in [0, 0.1) is 41.1 Å². The van der Waals surface area contributed by atoms with E-state index in [9.17, 15) is 23.1 Å². The first-order chi connectivity index (χ1) is 18.7. The van der Waals surface area contributed by atoms with Crippen LogP contribution in [0.2, 0.25) is 0 Å². The molecule has 6 nitrogen and oxygen atoms in total. The molecule has 2 aromatic carbocycles. The fraction of sp³-hybridized carbons (Fsp3) is 0.400. The van der Waals surface area contributed by atoms with Crippen LogP contribution in [0.25, 0.3) is 10.9 Å². The summed E-state index contributed by atoms with van der Waals surface area (Å²) in [5.41, 5.74) is 1.64. The molecule has 206 valence electrons. The number of carbonyl (C=O) groups is 1. The van der Waals surface area contributed by atoms with Crippen LogP contribution in [0.5, 0.6) is 5.75 Å². The third kappa shape index (κ3) is 6.70. The Morgan fingerprint density at radius 2 is 2.03 bits per heavy atom. The molecular formula is C30H32F3N3O3. The normalized spacial score (nSPS) is 18.5. The van der Waals surface area contributed by atoms with E-state index in [-0.39, 0.29) is 24.1 Å². The lowest BCUT2D eigenvalue weighted by Gasteiger charge is -2.37. The Labute approximate surface area is 226 Å². The van der Waals surface area contributed by atoms with E-state index in [4.69, 9.17) is 4.74 Å². The molecule has 0 radical (unpaired) electrons. The maximum Gasteiger partial charge on any atom is 0.308 e.